The standard InChI is InChI=1S/C9H9Cl3N2OS/c1-6(15)14-8(9(10,11)12)16-7-4-2-3-5-13-7/h2-5,8H,1H3,(H,14,15)/t8-/m1/s1. The number of amides is 1. The van der Waals surface area contributed by atoms with E-state index in [4.69, 9.17) is 34.8 Å². The molecule has 0 radical (unpaired) electrons. The van der Waals surface area contributed by atoms with Crippen molar-refractivity contribution in [3.63, 3.8) is 0 Å². The molecular formula is C9H9Cl3N2OS. The van der Waals surface area contributed by atoms with Crippen LogP contribution in [0.4, 0.5) is 0 Å². The minimum absolute atomic E-state index is 0.264. The summed E-state index contributed by atoms with van der Waals surface area (Å²) in [4.78, 5) is 15.0. The van der Waals surface area contributed by atoms with E-state index in [2.05, 4.69) is 10.3 Å². The number of carbonyl (C=O) groups is 1. The number of pyridine rings is 1. The van der Waals surface area contributed by atoms with E-state index >= 15 is 0 Å². The van der Waals surface area contributed by atoms with E-state index in [9.17, 15) is 4.79 Å². The number of hydrogen-bond acceptors (Lipinski definition) is 3. The van der Waals surface area contributed by atoms with Crippen LogP contribution in [0.2, 0.25) is 0 Å². The summed E-state index contributed by atoms with van der Waals surface area (Å²) in [7, 11) is 0. The van der Waals surface area contributed by atoms with Gasteiger partial charge in [0.15, 0.2) is 0 Å². The third-order valence-corrected chi connectivity index (χ3v) is 3.74. The minimum atomic E-state index is -1.59. The summed E-state index contributed by atoms with van der Waals surface area (Å²) in [5.41, 5.74) is 0. The van der Waals surface area contributed by atoms with Crippen LogP contribution in [0.15, 0.2) is 29.4 Å². The Balaban J connectivity index is 2.75. The lowest BCUT2D eigenvalue weighted by Gasteiger charge is -2.23. The van der Waals surface area contributed by atoms with Gasteiger partial charge in [-0.1, -0.05) is 52.6 Å². The molecular weight excluding hydrogens is 291 g/mol. The van der Waals surface area contributed by atoms with Gasteiger partial charge in [0.2, 0.25) is 9.70 Å². The Morgan fingerprint density at radius 2 is 2.19 bits per heavy atom. The van der Waals surface area contributed by atoms with Crippen LogP contribution in [-0.4, -0.2) is 20.1 Å². The lowest BCUT2D eigenvalue weighted by Crippen LogP contribution is -2.40. The van der Waals surface area contributed by atoms with Crippen molar-refractivity contribution >= 4 is 52.5 Å². The lowest BCUT2D eigenvalue weighted by atomic mass is 10.5. The quantitative estimate of drug-likeness (QED) is 0.530. The number of thioether (sulfide) groups is 1. The summed E-state index contributed by atoms with van der Waals surface area (Å²) in [6.07, 6.45) is 1.63. The van der Waals surface area contributed by atoms with Crippen molar-refractivity contribution in [1.82, 2.24) is 10.3 Å². The van der Waals surface area contributed by atoms with Gasteiger partial charge in [0.05, 0.1) is 5.03 Å². The van der Waals surface area contributed by atoms with Crippen LogP contribution in [0.25, 0.3) is 0 Å². The molecule has 0 saturated heterocycles. The highest BCUT2D eigenvalue weighted by atomic mass is 35.6. The molecule has 0 aromatic carbocycles. The third-order valence-electron chi connectivity index (χ3n) is 1.51. The molecule has 88 valence electrons. The smallest absolute Gasteiger partial charge is 0.220 e. The zero-order valence-corrected chi connectivity index (χ0v) is 11.4. The highest BCUT2D eigenvalue weighted by molar-refractivity contribution is 8.00. The molecule has 3 nitrogen and oxygen atoms in total. The average molecular weight is 300 g/mol. The SMILES string of the molecule is CC(=O)N[C@H](Sc1ccccn1)C(Cl)(Cl)Cl. The van der Waals surface area contributed by atoms with Crippen LogP contribution in [0, 0.1) is 0 Å². The van der Waals surface area contributed by atoms with E-state index in [1.807, 2.05) is 6.07 Å². The molecule has 0 aliphatic carbocycles. The second-order valence-electron chi connectivity index (χ2n) is 2.91. The van der Waals surface area contributed by atoms with E-state index in [-0.39, 0.29) is 5.91 Å². The molecule has 0 unspecified atom stereocenters. The Hall–Kier alpha value is -0.160. The molecule has 1 aromatic rings. The van der Waals surface area contributed by atoms with Gasteiger partial charge in [-0.2, -0.15) is 0 Å². The van der Waals surface area contributed by atoms with E-state index in [0.717, 1.165) is 0 Å². The molecule has 1 aromatic heterocycles. The van der Waals surface area contributed by atoms with Crippen LogP contribution in [0.3, 0.4) is 0 Å². The number of rotatable bonds is 3. The first kappa shape index (κ1) is 13.9. The molecule has 7 heteroatoms. The van der Waals surface area contributed by atoms with Gasteiger partial charge in [-0.05, 0) is 12.1 Å². The highest BCUT2D eigenvalue weighted by Gasteiger charge is 2.34. The minimum Gasteiger partial charge on any atom is -0.340 e. The van der Waals surface area contributed by atoms with Crippen LogP contribution < -0.4 is 5.32 Å². The fraction of sp³-hybridized carbons (Fsp3) is 0.333. The predicted octanol–water partition coefficient (Wildman–Crippen LogP) is 3.01. The number of aromatic nitrogens is 1. The number of nitrogens with zero attached hydrogens (tertiary/aromatic N) is 1. The van der Waals surface area contributed by atoms with E-state index in [1.165, 1.54) is 18.7 Å². The number of alkyl halides is 3. The summed E-state index contributed by atoms with van der Waals surface area (Å²) < 4.78 is -1.59. The van der Waals surface area contributed by atoms with Gasteiger partial charge in [-0.15, -0.1) is 0 Å². The second kappa shape index (κ2) is 5.96. The van der Waals surface area contributed by atoms with E-state index in [0.29, 0.717) is 5.03 Å². The first-order valence-electron chi connectivity index (χ1n) is 4.31. The maximum Gasteiger partial charge on any atom is 0.220 e. The van der Waals surface area contributed by atoms with E-state index < -0.39 is 9.17 Å². The Morgan fingerprint density at radius 1 is 1.50 bits per heavy atom. The first-order chi connectivity index (χ1) is 7.39. The average Bonchev–Trinajstić information content (AvgIpc) is 2.16. The monoisotopic (exact) mass is 298 g/mol. The van der Waals surface area contributed by atoms with Gasteiger partial charge in [-0.25, -0.2) is 4.98 Å². The third kappa shape index (κ3) is 4.78. The maximum absolute atomic E-state index is 11.0. The highest BCUT2D eigenvalue weighted by Crippen LogP contribution is 2.38. The molecule has 1 N–H and O–H groups in total. The Morgan fingerprint density at radius 3 is 2.62 bits per heavy atom. The summed E-state index contributed by atoms with van der Waals surface area (Å²) in [6, 6.07) is 5.38. The van der Waals surface area contributed by atoms with Gasteiger partial charge >= 0.3 is 0 Å². The van der Waals surface area contributed by atoms with Crippen LogP contribution in [-0.2, 0) is 4.79 Å². The predicted molar refractivity (Wildman–Crippen MR) is 68.0 cm³/mol. The molecule has 1 heterocycles. The van der Waals surface area contributed by atoms with E-state index in [1.54, 1.807) is 18.3 Å². The van der Waals surface area contributed by atoms with Gasteiger partial charge in [0.25, 0.3) is 0 Å². The van der Waals surface area contributed by atoms with Crippen molar-refractivity contribution in [2.45, 2.75) is 21.1 Å². The van der Waals surface area contributed by atoms with Gasteiger partial charge in [0.1, 0.15) is 5.37 Å². The van der Waals surface area contributed by atoms with Crippen LogP contribution in [0.5, 0.6) is 0 Å². The van der Waals surface area contributed by atoms with Crippen molar-refractivity contribution in [3.8, 4) is 0 Å². The first-order valence-corrected chi connectivity index (χ1v) is 6.32. The van der Waals surface area contributed by atoms with Crippen molar-refractivity contribution < 1.29 is 4.79 Å². The summed E-state index contributed by atoms with van der Waals surface area (Å²) in [5.74, 6) is -0.264. The molecule has 0 saturated carbocycles. The number of nitrogens with one attached hydrogen (secondary N) is 1. The van der Waals surface area contributed by atoms with Crippen LogP contribution >= 0.6 is 46.6 Å². The summed E-state index contributed by atoms with van der Waals surface area (Å²) >= 11 is 18.5. The van der Waals surface area contributed by atoms with Crippen molar-refractivity contribution in [2.24, 2.45) is 0 Å². The summed E-state index contributed by atoms with van der Waals surface area (Å²) in [6.45, 7) is 1.36. The Labute approximate surface area is 113 Å². The van der Waals surface area contributed by atoms with Gasteiger partial charge in [0, 0.05) is 13.1 Å². The topological polar surface area (TPSA) is 42.0 Å². The fourth-order valence-electron chi connectivity index (χ4n) is 0.900. The molecule has 0 fully saturated rings. The number of halogens is 3. The lowest BCUT2D eigenvalue weighted by molar-refractivity contribution is -0.119. The molecule has 1 atom stereocenters. The zero-order valence-electron chi connectivity index (χ0n) is 8.28. The molecule has 1 amide bonds. The Kier molecular flexibility index (Phi) is 5.18. The molecule has 0 aliphatic rings. The fourth-order valence-corrected chi connectivity index (χ4v) is 2.34. The molecule has 0 spiro atoms. The van der Waals surface area contributed by atoms with Gasteiger partial charge < -0.3 is 5.32 Å². The summed E-state index contributed by atoms with van der Waals surface area (Å²) in [5, 5.41) is 2.55. The largest absolute Gasteiger partial charge is 0.340 e. The normalized spacial score (nSPS) is 13.2. The number of hydrogen-bond donors (Lipinski definition) is 1. The molecule has 1 rings (SSSR count). The van der Waals surface area contributed by atoms with Crippen LogP contribution in [0.1, 0.15) is 6.92 Å². The second-order valence-corrected chi connectivity index (χ2v) is 6.40. The molecule has 0 bridgehead atoms. The van der Waals surface area contributed by atoms with Crippen molar-refractivity contribution in [1.29, 1.82) is 0 Å². The number of carbonyl (C=O) groups excluding carboxylic acids is 1. The maximum atomic E-state index is 11.0. The Bertz CT molecular complexity index is 356. The zero-order chi connectivity index (χ0) is 12.2. The van der Waals surface area contributed by atoms with Crippen molar-refractivity contribution in [3.05, 3.63) is 24.4 Å². The molecule has 16 heavy (non-hydrogen) atoms. The van der Waals surface area contributed by atoms with Gasteiger partial charge in [-0.3, -0.25) is 4.79 Å². The van der Waals surface area contributed by atoms with Crippen molar-refractivity contribution in [2.75, 3.05) is 0 Å². The molecule has 0 aliphatic heterocycles.